The van der Waals surface area contributed by atoms with E-state index in [-0.39, 0.29) is 12.0 Å². The van der Waals surface area contributed by atoms with E-state index in [4.69, 9.17) is 4.74 Å². The molecule has 1 atom stereocenters. The molecular weight excluding hydrogens is 240 g/mol. The summed E-state index contributed by atoms with van der Waals surface area (Å²) in [6.45, 7) is 6.27. The normalized spacial score (nSPS) is 19.6. The predicted octanol–water partition coefficient (Wildman–Crippen LogP) is 1.96. The Morgan fingerprint density at radius 2 is 2.26 bits per heavy atom. The van der Waals surface area contributed by atoms with E-state index in [1.54, 1.807) is 7.11 Å². The van der Waals surface area contributed by atoms with Gasteiger partial charge in [-0.1, -0.05) is 17.7 Å². The average molecular weight is 262 g/mol. The van der Waals surface area contributed by atoms with Crippen molar-refractivity contribution < 1.29 is 9.53 Å². The number of nitrogens with zero attached hydrogens (tertiary/aromatic N) is 1. The first-order chi connectivity index (χ1) is 9.08. The fraction of sp³-hybridized carbons (Fsp3) is 0.533. The van der Waals surface area contributed by atoms with Crippen molar-refractivity contribution in [3.8, 4) is 0 Å². The Morgan fingerprint density at radius 1 is 1.47 bits per heavy atom. The van der Waals surface area contributed by atoms with Crippen LogP contribution in [0.5, 0.6) is 0 Å². The van der Waals surface area contributed by atoms with Crippen molar-refractivity contribution >= 4 is 11.6 Å². The third kappa shape index (κ3) is 3.78. The van der Waals surface area contributed by atoms with Gasteiger partial charge >= 0.3 is 0 Å². The van der Waals surface area contributed by atoms with Gasteiger partial charge in [0.15, 0.2) is 0 Å². The maximum atomic E-state index is 12.0. The maximum absolute atomic E-state index is 12.0. The van der Waals surface area contributed by atoms with Gasteiger partial charge in [0.2, 0.25) is 5.91 Å². The molecule has 2 rings (SSSR count). The van der Waals surface area contributed by atoms with Crippen LogP contribution in [0.3, 0.4) is 0 Å². The number of carbonyl (C=O) groups is 1. The van der Waals surface area contributed by atoms with E-state index in [9.17, 15) is 4.79 Å². The number of hydrogen-bond acceptors (Lipinski definition) is 3. The van der Waals surface area contributed by atoms with Crippen molar-refractivity contribution in [3.05, 3.63) is 29.3 Å². The standard InChI is InChI=1S/C15H22N2O2/c1-11-4-5-14(12(2)8-11)16-15(18)10-17-7-6-13(9-17)19-3/h4-5,8,13H,6-7,9-10H2,1-3H3,(H,16,18)/t13-/m1/s1. The van der Waals surface area contributed by atoms with Crippen LogP contribution in [0, 0.1) is 13.8 Å². The second-order valence-corrected chi connectivity index (χ2v) is 5.25. The molecule has 104 valence electrons. The van der Waals surface area contributed by atoms with Crippen LogP contribution in [-0.4, -0.2) is 43.7 Å². The van der Waals surface area contributed by atoms with Crippen molar-refractivity contribution in [2.75, 3.05) is 32.1 Å². The first-order valence-electron chi connectivity index (χ1n) is 6.70. The second-order valence-electron chi connectivity index (χ2n) is 5.25. The lowest BCUT2D eigenvalue weighted by Crippen LogP contribution is -2.32. The van der Waals surface area contributed by atoms with Crippen LogP contribution in [0.4, 0.5) is 5.69 Å². The molecule has 1 aromatic rings. The van der Waals surface area contributed by atoms with Gasteiger partial charge in [-0.15, -0.1) is 0 Å². The van der Waals surface area contributed by atoms with Crippen LogP contribution < -0.4 is 5.32 Å². The highest BCUT2D eigenvalue weighted by molar-refractivity contribution is 5.93. The van der Waals surface area contributed by atoms with E-state index in [0.717, 1.165) is 30.8 Å². The zero-order chi connectivity index (χ0) is 13.8. The predicted molar refractivity (Wildman–Crippen MR) is 76.4 cm³/mol. The zero-order valence-corrected chi connectivity index (χ0v) is 11.9. The van der Waals surface area contributed by atoms with E-state index >= 15 is 0 Å². The molecule has 0 bridgehead atoms. The molecule has 0 saturated carbocycles. The van der Waals surface area contributed by atoms with E-state index < -0.39 is 0 Å². The quantitative estimate of drug-likeness (QED) is 0.902. The van der Waals surface area contributed by atoms with Gasteiger partial charge in [0.05, 0.1) is 12.6 Å². The summed E-state index contributed by atoms with van der Waals surface area (Å²) in [5.74, 6) is 0.0451. The minimum atomic E-state index is 0.0451. The van der Waals surface area contributed by atoms with Crippen LogP contribution in [0.2, 0.25) is 0 Å². The second kappa shape index (κ2) is 6.17. The number of nitrogens with one attached hydrogen (secondary N) is 1. The zero-order valence-electron chi connectivity index (χ0n) is 11.9. The van der Waals surface area contributed by atoms with Crippen molar-refractivity contribution in [1.82, 2.24) is 4.90 Å². The fourth-order valence-corrected chi connectivity index (χ4v) is 2.48. The summed E-state index contributed by atoms with van der Waals surface area (Å²) in [5, 5.41) is 2.98. The summed E-state index contributed by atoms with van der Waals surface area (Å²) in [4.78, 5) is 14.1. The average Bonchev–Trinajstić information content (AvgIpc) is 2.80. The molecule has 1 fully saturated rings. The molecule has 0 aliphatic carbocycles. The summed E-state index contributed by atoms with van der Waals surface area (Å²) in [5.41, 5.74) is 3.21. The third-order valence-corrected chi connectivity index (χ3v) is 3.59. The summed E-state index contributed by atoms with van der Waals surface area (Å²) < 4.78 is 5.30. The molecule has 1 aliphatic rings. The Labute approximate surface area is 114 Å². The number of likely N-dealkylation sites (tertiary alicyclic amines) is 1. The van der Waals surface area contributed by atoms with Crippen molar-refractivity contribution in [3.63, 3.8) is 0 Å². The van der Waals surface area contributed by atoms with Crippen LogP contribution >= 0.6 is 0 Å². The molecule has 0 aromatic heterocycles. The molecule has 0 unspecified atom stereocenters. The van der Waals surface area contributed by atoms with E-state index in [2.05, 4.69) is 16.3 Å². The molecule has 1 N–H and O–H groups in total. The highest BCUT2D eigenvalue weighted by atomic mass is 16.5. The lowest BCUT2D eigenvalue weighted by Gasteiger charge is -2.16. The minimum Gasteiger partial charge on any atom is -0.380 e. The highest BCUT2D eigenvalue weighted by Gasteiger charge is 2.23. The van der Waals surface area contributed by atoms with Crippen molar-refractivity contribution in [2.24, 2.45) is 0 Å². The molecule has 1 heterocycles. The lowest BCUT2D eigenvalue weighted by atomic mass is 10.1. The van der Waals surface area contributed by atoms with E-state index in [1.807, 2.05) is 26.0 Å². The van der Waals surface area contributed by atoms with Gasteiger partial charge in [-0.05, 0) is 31.9 Å². The van der Waals surface area contributed by atoms with Gasteiger partial charge in [-0.2, -0.15) is 0 Å². The number of amides is 1. The van der Waals surface area contributed by atoms with Crippen LogP contribution in [-0.2, 0) is 9.53 Å². The Hall–Kier alpha value is -1.39. The monoisotopic (exact) mass is 262 g/mol. The molecule has 1 amide bonds. The van der Waals surface area contributed by atoms with Gasteiger partial charge < -0.3 is 10.1 Å². The van der Waals surface area contributed by atoms with Crippen LogP contribution in [0.1, 0.15) is 17.5 Å². The molecule has 1 saturated heterocycles. The summed E-state index contributed by atoms with van der Waals surface area (Å²) in [6, 6.07) is 6.05. The molecule has 4 heteroatoms. The van der Waals surface area contributed by atoms with Gasteiger partial charge in [-0.3, -0.25) is 9.69 Å². The number of anilines is 1. The first kappa shape index (κ1) is 14.0. The minimum absolute atomic E-state index is 0.0451. The first-order valence-corrected chi connectivity index (χ1v) is 6.70. The Morgan fingerprint density at radius 3 is 2.89 bits per heavy atom. The summed E-state index contributed by atoms with van der Waals surface area (Å²) in [6.07, 6.45) is 1.28. The number of methoxy groups -OCH3 is 1. The Kier molecular flexibility index (Phi) is 4.56. The number of benzene rings is 1. The lowest BCUT2D eigenvalue weighted by molar-refractivity contribution is -0.117. The van der Waals surface area contributed by atoms with Crippen molar-refractivity contribution in [1.29, 1.82) is 0 Å². The Bertz CT molecular complexity index is 459. The molecule has 1 aromatic carbocycles. The van der Waals surface area contributed by atoms with E-state index in [0.29, 0.717) is 6.54 Å². The SMILES string of the molecule is CO[C@@H]1CCN(CC(=O)Nc2ccc(C)cc2C)C1. The van der Waals surface area contributed by atoms with Crippen LogP contribution in [0.25, 0.3) is 0 Å². The maximum Gasteiger partial charge on any atom is 0.238 e. The number of rotatable bonds is 4. The van der Waals surface area contributed by atoms with Crippen molar-refractivity contribution in [2.45, 2.75) is 26.4 Å². The number of hydrogen-bond donors (Lipinski definition) is 1. The molecular formula is C15H22N2O2. The van der Waals surface area contributed by atoms with Gasteiger partial charge in [0, 0.05) is 25.9 Å². The van der Waals surface area contributed by atoms with Gasteiger partial charge in [-0.25, -0.2) is 0 Å². The van der Waals surface area contributed by atoms with Gasteiger partial charge in [0.25, 0.3) is 0 Å². The fourth-order valence-electron chi connectivity index (χ4n) is 2.48. The number of aryl methyl sites for hydroxylation is 2. The highest BCUT2D eigenvalue weighted by Crippen LogP contribution is 2.16. The molecule has 1 aliphatic heterocycles. The molecule has 0 spiro atoms. The third-order valence-electron chi connectivity index (χ3n) is 3.59. The summed E-state index contributed by atoms with van der Waals surface area (Å²) >= 11 is 0. The van der Waals surface area contributed by atoms with E-state index in [1.165, 1.54) is 5.56 Å². The largest absolute Gasteiger partial charge is 0.380 e. The molecule has 0 radical (unpaired) electrons. The Balaban J connectivity index is 1.87. The van der Waals surface area contributed by atoms with Crippen LogP contribution in [0.15, 0.2) is 18.2 Å². The van der Waals surface area contributed by atoms with Gasteiger partial charge in [0.1, 0.15) is 0 Å². The summed E-state index contributed by atoms with van der Waals surface area (Å²) in [7, 11) is 1.73. The molecule has 4 nitrogen and oxygen atoms in total. The number of ether oxygens (including phenoxy) is 1. The topological polar surface area (TPSA) is 41.6 Å². The molecule has 19 heavy (non-hydrogen) atoms. The smallest absolute Gasteiger partial charge is 0.238 e. The number of carbonyl (C=O) groups excluding carboxylic acids is 1.